The van der Waals surface area contributed by atoms with Crippen molar-refractivity contribution in [2.45, 2.75) is 50.1 Å². The van der Waals surface area contributed by atoms with Crippen LogP contribution < -0.4 is 16.0 Å². The Balaban J connectivity index is 1.40. The summed E-state index contributed by atoms with van der Waals surface area (Å²) in [7, 11) is 0. The molecular weight excluding hydrogens is 248 g/mol. The topological polar surface area (TPSA) is 39.3 Å². The molecule has 114 valence electrons. The van der Waals surface area contributed by atoms with Gasteiger partial charge in [-0.05, 0) is 50.6 Å². The quantitative estimate of drug-likeness (QED) is 0.655. The standard InChI is InChI=1S/C16H30N4/c1-2-6-19-16(3-1)5-8-20(13-16)14-9-15(12-18-10-14)4-7-17-11-15/h14,17-19H,1-13H2. The molecule has 20 heavy (non-hydrogen) atoms. The lowest BCUT2D eigenvalue weighted by atomic mass is 9.77. The van der Waals surface area contributed by atoms with Crippen LogP contribution in [0.1, 0.15) is 38.5 Å². The largest absolute Gasteiger partial charge is 0.316 e. The van der Waals surface area contributed by atoms with Gasteiger partial charge in [0.25, 0.3) is 0 Å². The fraction of sp³-hybridized carbons (Fsp3) is 1.00. The zero-order valence-electron chi connectivity index (χ0n) is 12.7. The van der Waals surface area contributed by atoms with Crippen LogP contribution in [0.25, 0.3) is 0 Å². The summed E-state index contributed by atoms with van der Waals surface area (Å²) >= 11 is 0. The predicted molar refractivity (Wildman–Crippen MR) is 82.0 cm³/mol. The first-order chi connectivity index (χ1) is 9.79. The Bertz CT molecular complexity index is 344. The Kier molecular flexibility index (Phi) is 3.53. The van der Waals surface area contributed by atoms with Crippen molar-refractivity contribution >= 4 is 0 Å². The lowest BCUT2D eigenvalue weighted by Gasteiger charge is -2.43. The Hall–Kier alpha value is -0.160. The van der Waals surface area contributed by atoms with Gasteiger partial charge in [0.15, 0.2) is 0 Å². The molecule has 0 aromatic carbocycles. The molecule has 4 heteroatoms. The highest BCUT2D eigenvalue weighted by Gasteiger charge is 2.45. The highest BCUT2D eigenvalue weighted by Crippen LogP contribution is 2.37. The van der Waals surface area contributed by atoms with Crippen LogP contribution in [-0.2, 0) is 0 Å². The number of piperidine rings is 2. The van der Waals surface area contributed by atoms with Crippen molar-refractivity contribution in [1.29, 1.82) is 0 Å². The molecule has 3 atom stereocenters. The second-order valence-corrected chi connectivity index (χ2v) is 7.80. The van der Waals surface area contributed by atoms with Crippen molar-refractivity contribution in [1.82, 2.24) is 20.9 Å². The molecule has 0 radical (unpaired) electrons. The lowest BCUT2D eigenvalue weighted by Crippen LogP contribution is -2.56. The minimum Gasteiger partial charge on any atom is -0.316 e. The number of rotatable bonds is 1. The smallest absolute Gasteiger partial charge is 0.0321 e. The van der Waals surface area contributed by atoms with E-state index in [1.165, 1.54) is 84.3 Å². The summed E-state index contributed by atoms with van der Waals surface area (Å²) in [5, 5.41) is 11.2. The zero-order valence-corrected chi connectivity index (χ0v) is 12.7. The van der Waals surface area contributed by atoms with Gasteiger partial charge in [-0.25, -0.2) is 0 Å². The third-order valence-corrected chi connectivity index (χ3v) is 6.36. The summed E-state index contributed by atoms with van der Waals surface area (Å²) in [6.07, 6.45) is 8.35. The minimum absolute atomic E-state index is 0.469. The second-order valence-electron chi connectivity index (χ2n) is 7.80. The van der Waals surface area contributed by atoms with Gasteiger partial charge in [0.1, 0.15) is 0 Å². The van der Waals surface area contributed by atoms with Crippen LogP contribution in [0.4, 0.5) is 0 Å². The molecule has 0 aromatic rings. The van der Waals surface area contributed by atoms with Crippen LogP contribution in [0.15, 0.2) is 0 Å². The van der Waals surface area contributed by atoms with E-state index in [0.717, 1.165) is 6.04 Å². The van der Waals surface area contributed by atoms with Crippen LogP contribution in [0.2, 0.25) is 0 Å². The highest BCUT2D eigenvalue weighted by atomic mass is 15.3. The zero-order chi connectivity index (χ0) is 13.5. The number of hydrogen-bond acceptors (Lipinski definition) is 4. The summed E-state index contributed by atoms with van der Waals surface area (Å²) in [5.41, 5.74) is 1.02. The van der Waals surface area contributed by atoms with Crippen molar-refractivity contribution in [3.05, 3.63) is 0 Å². The molecule has 0 saturated carbocycles. The van der Waals surface area contributed by atoms with Gasteiger partial charge in [0.2, 0.25) is 0 Å². The van der Waals surface area contributed by atoms with Crippen molar-refractivity contribution in [3.63, 3.8) is 0 Å². The Labute approximate surface area is 123 Å². The number of hydrogen-bond donors (Lipinski definition) is 3. The molecule has 0 aliphatic carbocycles. The summed E-state index contributed by atoms with van der Waals surface area (Å²) in [4.78, 5) is 2.80. The fourth-order valence-electron chi connectivity index (χ4n) is 5.12. The third-order valence-electron chi connectivity index (χ3n) is 6.36. The lowest BCUT2D eigenvalue weighted by molar-refractivity contribution is 0.107. The van der Waals surface area contributed by atoms with Gasteiger partial charge in [-0.15, -0.1) is 0 Å². The summed E-state index contributed by atoms with van der Waals surface area (Å²) < 4.78 is 0. The number of nitrogens with one attached hydrogen (secondary N) is 3. The van der Waals surface area contributed by atoms with E-state index >= 15 is 0 Å². The first kappa shape index (κ1) is 13.5. The van der Waals surface area contributed by atoms with Crippen molar-refractivity contribution in [2.75, 3.05) is 45.8 Å². The minimum atomic E-state index is 0.469. The molecule has 4 rings (SSSR count). The number of likely N-dealkylation sites (tertiary alicyclic amines) is 1. The van der Waals surface area contributed by atoms with Crippen molar-refractivity contribution in [3.8, 4) is 0 Å². The molecule has 0 aromatic heterocycles. The van der Waals surface area contributed by atoms with E-state index in [2.05, 4.69) is 20.9 Å². The van der Waals surface area contributed by atoms with Crippen LogP contribution in [0.5, 0.6) is 0 Å². The van der Waals surface area contributed by atoms with E-state index in [4.69, 9.17) is 0 Å². The molecule has 4 aliphatic heterocycles. The van der Waals surface area contributed by atoms with Gasteiger partial charge >= 0.3 is 0 Å². The van der Waals surface area contributed by atoms with Crippen LogP contribution >= 0.6 is 0 Å². The van der Waals surface area contributed by atoms with E-state index in [1.807, 2.05) is 0 Å². The van der Waals surface area contributed by atoms with Gasteiger partial charge in [-0.1, -0.05) is 6.42 Å². The van der Waals surface area contributed by atoms with E-state index in [0.29, 0.717) is 11.0 Å². The Morgan fingerprint density at radius 1 is 0.950 bits per heavy atom. The first-order valence-corrected chi connectivity index (χ1v) is 8.70. The molecular formula is C16H30N4. The van der Waals surface area contributed by atoms with Crippen LogP contribution in [-0.4, -0.2) is 62.3 Å². The third kappa shape index (κ3) is 2.41. The highest BCUT2D eigenvalue weighted by molar-refractivity contribution is 5.04. The predicted octanol–water partition coefficient (Wildman–Crippen LogP) is 0.546. The summed E-state index contributed by atoms with van der Waals surface area (Å²) in [6, 6.07) is 0.770. The maximum atomic E-state index is 3.85. The average molecular weight is 278 g/mol. The SMILES string of the molecule is C1CCC2(CCN(C3CNCC4(CCNC4)C3)C2)NC1. The molecule has 2 spiro atoms. The molecule has 4 heterocycles. The van der Waals surface area contributed by atoms with Gasteiger partial charge in [-0.3, -0.25) is 4.90 Å². The van der Waals surface area contributed by atoms with Crippen molar-refractivity contribution < 1.29 is 0 Å². The average Bonchev–Trinajstić information content (AvgIpc) is 3.08. The van der Waals surface area contributed by atoms with E-state index in [9.17, 15) is 0 Å². The second kappa shape index (κ2) is 5.24. The monoisotopic (exact) mass is 278 g/mol. The first-order valence-electron chi connectivity index (χ1n) is 8.70. The van der Waals surface area contributed by atoms with Crippen LogP contribution in [0.3, 0.4) is 0 Å². The van der Waals surface area contributed by atoms with Crippen molar-refractivity contribution in [2.24, 2.45) is 5.41 Å². The van der Waals surface area contributed by atoms with E-state index in [-0.39, 0.29) is 0 Å². The fourth-order valence-corrected chi connectivity index (χ4v) is 5.12. The molecule has 0 amide bonds. The summed E-state index contributed by atoms with van der Waals surface area (Å²) in [5.74, 6) is 0. The number of nitrogens with zero attached hydrogens (tertiary/aromatic N) is 1. The maximum absolute atomic E-state index is 3.85. The molecule has 4 nitrogen and oxygen atoms in total. The maximum Gasteiger partial charge on any atom is 0.0321 e. The van der Waals surface area contributed by atoms with E-state index < -0.39 is 0 Å². The molecule has 0 bridgehead atoms. The molecule has 3 unspecified atom stereocenters. The molecule has 4 saturated heterocycles. The Morgan fingerprint density at radius 3 is 2.70 bits per heavy atom. The molecule has 4 fully saturated rings. The van der Waals surface area contributed by atoms with Crippen LogP contribution in [0, 0.1) is 5.41 Å². The van der Waals surface area contributed by atoms with E-state index in [1.54, 1.807) is 0 Å². The Morgan fingerprint density at radius 2 is 1.90 bits per heavy atom. The molecule has 3 N–H and O–H groups in total. The normalized spacial score (nSPS) is 46.5. The van der Waals surface area contributed by atoms with Gasteiger partial charge in [0.05, 0.1) is 0 Å². The van der Waals surface area contributed by atoms with Gasteiger partial charge < -0.3 is 16.0 Å². The van der Waals surface area contributed by atoms with Gasteiger partial charge in [-0.2, -0.15) is 0 Å². The summed E-state index contributed by atoms with van der Waals surface area (Å²) in [6.45, 7) is 8.73. The van der Waals surface area contributed by atoms with Gasteiger partial charge in [0, 0.05) is 44.3 Å². The molecule has 4 aliphatic rings.